The van der Waals surface area contributed by atoms with Crippen molar-refractivity contribution in [3.05, 3.63) is 58.8 Å². The van der Waals surface area contributed by atoms with Crippen LogP contribution in [0.3, 0.4) is 0 Å². The molecule has 8 nitrogen and oxygen atoms in total. The molecule has 4 rings (SSSR count). The number of fused-ring (bicyclic) bond motifs is 1. The summed E-state index contributed by atoms with van der Waals surface area (Å²) in [5, 5.41) is 1.01. The summed E-state index contributed by atoms with van der Waals surface area (Å²) in [6, 6.07) is 9.16. The highest BCUT2D eigenvalue weighted by Gasteiger charge is 2.23. The van der Waals surface area contributed by atoms with Crippen LogP contribution in [0, 0.1) is 0 Å². The van der Waals surface area contributed by atoms with Crippen molar-refractivity contribution in [2.24, 2.45) is 0 Å². The van der Waals surface area contributed by atoms with E-state index in [0.29, 0.717) is 18.7 Å². The van der Waals surface area contributed by atoms with Crippen molar-refractivity contribution in [2.75, 3.05) is 50.1 Å². The number of H-pyrrole nitrogens is 1. The first-order valence-electron chi connectivity index (χ1n) is 9.18. The number of nitrogens with one attached hydrogen (secondary N) is 1. The molecule has 1 aromatic carbocycles. The summed E-state index contributed by atoms with van der Waals surface area (Å²) in [6.45, 7) is 2.67. The fourth-order valence-corrected chi connectivity index (χ4v) is 3.51. The molecule has 1 fully saturated rings. The number of piperazine rings is 1. The fraction of sp³-hybridized carbons (Fsp3) is 0.300. The molecule has 0 aliphatic carbocycles. The third kappa shape index (κ3) is 3.40. The Labute approximate surface area is 162 Å². The molecule has 1 N–H and O–H groups in total. The standard InChI is InChI=1S/C20H22N6O2/c1-24(2)19-16-12-15(3-4-17(16)22-13-23-19)25-7-9-26(10-8-25)20(28)14-5-6-21-18(27)11-14/h3-6,11-13H,7-10H2,1-2H3,(H,21,27). The Balaban J connectivity index is 1.51. The van der Waals surface area contributed by atoms with Gasteiger partial charge in [0.05, 0.1) is 5.52 Å². The van der Waals surface area contributed by atoms with E-state index in [9.17, 15) is 9.59 Å². The van der Waals surface area contributed by atoms with Crippen LogP contribution in [0.15, 0.2) is 47.7 Å². The minimum absolute atomic E-state index is 0.104. The molecule has 1 amide bonds. The zero-order valence-electron chi connectivity index (χ0n) is 15.9. The Morgan fingerprint density at radius 3 is 2.57 bits per heavy atom. The number of pyridine rings is 1. The smallest absolute Gasteiger partial charge is 0.254 e. The Morgan fingerprint density at radius 1 is 1.07 bits per heavy atom. The first-order valence-corrected chi connectivity index (χ1v) is 9.18. The quantitative estimate of drug-likeness (QED) is 0.740. The molecule has 0 radical (unpaired) electrons. The minimum atomic E-state index is -0.264. The lowest BCUT2D eigenvalue weighted by atomic mass is 10.1. The summed E-state index contributed by atoms with van der Waals surface area (Å²) in [6.07, 6.45) is 3.08. The van der Waals surface area contributed by atoms with Gasteiger partial charge in [0.2, 0.25) is 5.56 Å². The van der Waals surface area contributed by atoms with Crippen LogP contribution in [-0.4, -0.2) is 66.0 Å². The van der Waals surface area contributed by atoms with Gasteiger partial charge in [-0.05, 0) is 24.3 Å². The number of aromatic amines is 1. The van der Waals surface area contributed by atoms with Crippen LogP contribution in [0.2, 0.25) is 0 Å². The van der Waals surface area contributed by atoms with E-state index in [1.165, 1.54) is 12.3 Å². The van der Waals surface area contributed by atoms with Crippen molar-refractivity contribution in [1.82, 2.24) is 19.9 Å². The summed E-state index contributed by atoms with van der Waals surface area (Å²) < 4.78 is 0. The highest BCUT2D eigenvalue weighted by atomic mass is 16.2. The van der Waals surface area contributed by atoms with Crippen LogP contribution in [-0.2, 0) is 0 Å². The number of anilines is 2. The van der Waals surface area contributed by atoms with E-state index in [4.69, 9.17) is 0 Å². The molecule has 0 spiro atoms. The third-order valence-corrected chi connectivity index (χ3v) is 4.98. The number of hydrogen-bond acceptors (Lipinski definition) is 6. The van der Waals surface area contributed by atoms with E-state index in [1.54, 1.807) is 17.3 Å². The molecule has 0 bridgehead atoms. The number of carbonyl (C=O) groups is 1. The molecule has 1 aliphatic heterocycles. The van der Waals surface area contributed by atoms with Gasteiger partial charge in [-0.1, -0.05) is 0 Å². The molecule has 0 atom stereocenters. The van der Waals surface area contributed by atoms with Crippen molar-refractivity contribution in [3.63, 3.8) is 0 Å². The monoisotopic (exact) mass is 378 g/mol. The molecule has 0 saturated carbocycles. The maximum absolute atomic E-state index is 12.6. The molecule has 8 heteroatoms. The first-order chi connectivity index (χ1) is 13.5. The second kappa shape index (κ2) is 7.30. The van der Waals surface area contributed by atoms with Gasteiger partial charge in [-0.15, -0.1) is 0 Å². The molecule has 28 heavy (non-hydrogen) atoms. The lowest BCUT2D eigenvalue weighted by Gasteiger charge is -2.36. The van der Waals surface area contributed by atoms with Crippen molar-refractivity contribution in [2.45, 2.75) is 0 Å². The van der Waals surface area contributed by atoms with E-state index in [1.807, 2.05) is 25.1 Å². The van der Waals surface area contributed by atoms with Crippen molar-refractivity contribution in [3.8, 4) is 0 Å². The van der Waals surface area contributed by atoms with Crippen LogP contribution >= 0.6 is 0 Å². The van der Waals surface area contributed by atoms with Crippen LogP contribution in [0.25, 0.3) is 10.9 Å². The van der Waals surface area contributed by atoms with E-state index >= 15 is 0 Å². The Bertz CT molecular complexity index is 1070. The summed E-state index contributed by atoms with van der Waals surface area (Å²) in [7, 11) is 3.93. The number of carbonyl (C=O) groups excluding carboxylic acids is 1. The summed E-state index contributed by atoms with van der Waals surface area (Å²) in [5.74, 6) is 0.780. The second-order valence-corrected chi connectivity index (χ2v) is 7.01. The van der Waals surface area contributed by atoms with Gasteiger partial charge in [0.15, 0.2) is 0 Å². The average molecular weight is 378 g/mol. The van der Waals surface area contributed by atoms with Gasteiger partial charge in [0, 0.05) is 69.2 Å². The number of amides is 1. The van der Waals surface area contributed by atoms with Crippen LogP contribution in [0.5, 0.6) is 0 Å². The van der Waals surface area contributed by atoms with Crippen LogP contribution < -0.4 is 15.4 Å². The maximum Gasteiger partial charge on any atom is 0.254 e. The molecule has 3 aromatic rings. The molecule has 3 heterocycles. The Morgan fingerprint density at radius 2 is 1.86 bits per heavy atom. The molecule has 1 saturated heterocycles. The fourth-order valence-electron chi connectivity index (χ4n) is 3.51. The van der Waals surface area contributed by atoms with Gasteiger partial charge in [-0.3, -0.25) is 9.59 Å². The SMILES string of the molecule is CN(C)c1ncnc2ccc(N3CCN(C(=O)c4cc[nH]c(=O)c4)CC3)cc12. The normalized spacial score (nSPS) is 14.4. The van der Waals surface area contributed by atoms with Crippen molar-refractivity contribution < 1.29 is 4.79 Å². The lowest BCUT2D eigenvalue weighted by Crippen LogP contribution is -2.48. The predicted molar refractivity (Wildman–Crippen MR) is 109 cm³/mol. The third-order valence-electron chi connectivity index (χ3n) is 4.98. The number of benzene rings is 1. The van der Waals surface area contributed by atoms with E-state index < -0.39 is 0 Å². The molecule has 0 unspecified atom stereocenters. The average Bonchev–Trinajstić information content (AvgIpc) is 2.72. The van der Waals surface area contributed by atoms with Crippen LogP contribution in [0.4, 0.5) is 11.5 Å². The number of nitrogens with zero attached hydrogens (tertiary/aromatic N) is 5. The van der Waals surface area contributed by atoms with Crippen molar-refractivity contribution >= 4 is 28.3 Å². The number of aromatic nitrogens is 3. The summed E-state index contributed by atoms with van der Waals surface area (Å²) in [5.41, 5.74) is 2.16. The molecule has 1 aliphatic rings. The Hall–Kier alpha value is -3.42. The maximum atomic E-state index is 12.6. The zero-order chi connectivity index (χ0) is 19.7. The zero-order valence-corrected chi connectivity index (χ0v) is 15.9. The first kappa shape index (κ1) is 18.0. The van der Waals surface area contributed by atoms with Gasteiger partial charge in [-0.25, -0.2) is 9.97 Å². The largest absolute Gasteiger partial charge is 0.368 e. The van der Waals surface area contributed by atoms with E-state index in [2.05, 4.69) is 32.0 Å². The number of hydrogen-bond donors (Lipinski definition) is 1. The minimum Gasteiger partial charge on any atom is -0.368 e. The highest BCUT2D eigenvalue weighted by molar-refractivity contribution is 5.94. The van der Waals surface area contributed by atoms with Gasteiger partial charge in [0.25, 0.3) is 5.91 Å². The van der Waals surface area contributed by atoms with E-state index in [0.717, 1.165) is 35.5 Å². The van der Waals surface area contributed by atoms with Gasteiger partial charge in [0.1, 0.15) is 12.1 Å². The highest BCUT2D eigenvalue weighted by Crippen LogP contribution is 2.27. The van der Waals surface area contributed by atoms with Gasteiger partial charge < -0.3 is 19.7 Å². The molecule has 2 aromatic heterocycles. The predicted octanol–water partition coefficient (Wildman–Crippen LogP) is 1.35. The summed E-state index contributed by atoms with van der Waals surface area (Å²) in [4.78, 5) is 41.4. The summed E-state index contributed by atoms with van der Waals surface area (Å²) >= 11 is 0. The van der Waals surface area contributed by atoms with Gasteiger partial charge >= 0.3 is 0 Å². The van der Waals surface area contributed by atoms with E-state index in [-0.39, 0.29) is 11.5 Å². The lowest BCUT2D eigenvalue weighted by molar-refractivity contribution is 0.0746. The Kier molecular flexibility index (Phi) is 4.68. The molecular formula is C20H22N6O2. The van der Waals surface area contributed by atoms with Crippen LogP contribution in [0.1, 0.15) is 10.4 Å². The van der Waals surface area contributed by atoms with Gasteiger partial charge in [-0.2, -0.15) is 0 Å². The molecular weight excluding hydrogens is 356 g/mol. The topological polar surface area (TPSA) is 85.4 Å². The number of rotatable bonds is 3. The van der Waals surface area contributed by atoms with Crippen molar-refractivity contribution in [1.29, 1.82) is 0 Å². The second-order valence-electron chi connectivity index (χ2n) is 7.01. The molecule has 144 valence electrons.